The van der Waals surface area contributed by atoms with Gasteiger partial charge in [0.15, 0.2) is 0 Å². The summed E-state index contributed by atoms with van der Waals surface area (Å²) in [5.74, 6) is 0.531. The lowest BCUT2D eigenvalue weighted by Gasteiger charge is -2.21. The number of sulfonamides is 1. The third-order valence-electron chi connectivity index (χ3n) is 3.39. The first-order chi connectivity index (χ1) is 9.45. The van der Waals surface area contributed by atoms with Crippen LogP contribution in [0.1, 0.15) is 12.8 Å². The van der Waals surface area contributed by atoms with E-state index in [1.54, 1.807) is 13.1 Å². The number of nitrogens with zero attached hydrogens (tertiary/aromatic N) is 1. The second kappa shape index (κ2) is 5.99. The topological polar surface area (TPSA) is 81.9 Å². The summed E-state index contributed by atoms with van der Waals surface area (Å²) in [7, 11) is -0.561. The Morgan fingerprint density at radius 2 is 2.25 bits per heavy atom. The Balaban J connectivity index is 2.20. The molecule has 1 aliphatic heterocycles. The Morgan fingerprint density at radius 3 is 2.80 bits per heavy atom. The van der Waals surface area contributed by atoms with Gasteiger partial charge in [0, 0.05) is 26.3 Å². The maximum absolute atomic E-state index is 12.5. The quantitative estimate of drug-likeness (QED) is 0.823. The standard InChI is InChI=1S/C13H20N2O4S/c1-15(9-11-4-3-7-19-11)20(16,17)13-6-5-10(18-2)8-12(13)14/h5-6,8,11H,3-4,7,9,14H2,1-2H3. The summed E-state index contributed by atoms with van der Waals surface area (Å²) in [6, 6.07) is 4.56. The molecule has 0 aliphatic carbocycles. The number of anilines is 1. The lowest BCUT2D eigenvalue weighted by molar-refractivity contribution is 0.0979. The predicted molar refractivity (Wildman–Crippen MR) is 76.2 cm³/mol. The van der Waals surface area contributed by atoms with Crippen LogP contribution in [0.25, 0.3) is 0 Å². The van der Waals surface area contributed by atoms with Gasteiger partial charge in [-0.15, -0.1) is 0 Å². The van der Waals surface area contributed by atoms with E-state index in [0.717, 1.165) is 12.8 Å². The molecule has 1 saturated heterocycles. The van der Waals surface area contributed by atoms with Gasteiger partial charge in [0.2, 0.25) is 10.0 Å². The van der Waals surface area contributed by atoms with Crippen LogP contribution in [0.5, 0.6) is 5.75 Å². The minimum atomic E-state index is -3.61. The van der Waals surface area contributed by atoms with E-state index in [4.69, 9.17) is 15.2 Å². The van der Waals surface area contributed by atoms with Crippen molar-refractivity contribution in [3.05, 3.63) is 18.2 Å². The molecule has 112 valence electrons. The Hall–Kier alpha value is -1.31. The smallest absolute Gasteiger partial charge is 0.244 e. The number of rotatable bonds is 5. The van der Waals surface area contributed by atoms with Crippen molar-refractivity contribution in [2.24, 2.45) is 0 Å². The number of nitrogens with two attached hydrogens (primary N) is 1. The molecule has 6 nitrogen and oxygen atoms in total. The van der Waals surface area contributed by atoms with Crippen molar-refractivity contribution >= 4 is 15.7 Å². The molecule has 2 N–H and O–H groups in total. The first kappa shape index (κ1) is 15.1. The van der Waals surface area contributed by atoms with Gasteiger partial charge in [-0.2, -0.15) is 4.31 Å². The second-order valence-corrected chi connectivity index (χ2v) is 6.84. The van der Waals surface area contributed by atoms with E-state index in [1.807, 2.05) is 0 Å². The highest BCUT2D eigenvalue weighted by Gasteiger charge is 2.27. The molecule has 20 heavy (non-hydrogen) atoms. The second-order valence-electron chi connectivity index (χ2n) is 4.82. The van der Waals surface area contributed by atoms with E-state index in [9.17, 15) is 8.42 Å². The number of nitrogen functional groups attached to an aromatic ring is 1. The molecule has 1 atom stereocenters. The molecule has 0 radical (unpaired) electrons. The van der Waals surface area contributed by atoms with Crippen molar-refractivity contribution in [3.63, 3.8) is 0 Å². The summed E-state index contributed by atoms with van der Waals surface area (Å²) < 4.78 is 36.8. The van der Waals surface area contributed by atoms with Crippen LogP contribution in [0.4, 0.5) is 5.69 Å². The Labute approximate surface area is 119 Å². The molecule has 0 amide bonds. The molecule has 1 fully saturated rings. The van der Waals surface area contributed by atoms with Crippen molar-refractivity contribution in [2.75, 3.05) is 33.0 Å². The van der Waals surface area contributed by atoms with E-state index < -0.39 is 10.0 Å². The van der Waals surface area contributed by atoms with Gasteiger partial charge in [-0.1, -0.05) is 0 Å². The van der Waals surface area contributed by atoms with Gasteiger partial charge in [-0.05, 0) is 25.0 Å². The third-order valence-corrected chi connectivity index (χ3v) is 5.29. The van der Waals surface area contributed by atoms with Crippen molar-refractivity contribution in [1.29, 1.82) is 0 Å². The summed E-state index contributed by atoms with van der Waals surface area (Å²) in [6.45, 7) is 1.04. The van der Waals surface area contributed by atoms with Gasteiger partial charge in [0.05, 0.1) is 18.9 Å². The summed E-state index contributed by atoms with van der Waals surface area (Å²) in [6.07, 6.45) is 1.83. The summed E-state index contributed by atoms with van der Waals surface area (Å²) in [5, 5.41) is 0. The Kier molecular flexibility index (Phi) is 4.52. The predicted octanol–water partition coefficient (Wildman–Crippen LogP) is 1.08. The molecule has 1 aromatic rings. The lowest BCUT2D eigenvalue weighted by Crippen LogP contribution is -2.34. The molecule has 1 aromatic carbocycles. The lowest BCUT2D eigenvalue weighted by atomic mass is 10.2. The average Bonchev–Trinajstić information content (AvgIpc) is 2.91. The fourth-order valence-corrected chi connectivity index (χ4v) is 3.52. The van der Waals surface area contributed by atoms with Crippen LogP contribution >= 0.6 is 0 Å². The van der Waals surface area contributed by atoms with Crippen molar-refractivity contribution in [3.8, 4) is 5.75 Å². The number of benzene rings is 1. The summed E-state index contributed by atoms with van der Waals surface area (Å²) in [4.78, 5) is 0.0961. The molecule has 1 heterocycles. The SMILES string of the molecule is COc1ccc(S(=O)(=O)N(C)CC2CCCO2)c(N)c1. The van der Waals surface area contributed by atoms with Gasteiger partial charge in [0.25, 0.3) is 0 Å². The van der Waals surface area contributed by atoms with Gasteiger partial charge in [-0.25, -0.2) is 8.42 Å². The zero-order chi connectivity index (χ0) is 14.8. The molecule has 0 bridgehead atoms. The van der Waals surface area contributed by atoms with Crippen LogP contribution in [-0.2, 0) is 14.8 Å². The monoisotopic (exact) mass is 300 g/mol. The summed E-state index contributed by atoms with van der Waals surface area (Å²) in [5.41, 5.74) is 6.00. The van der Waals surface area contributed by atoms with Crippen LogP contribution in [0, 0.1) is 0 Å². The maximum atomic E-state index is 12.5. The highest BCUT2D eigenvalue weighted by Crippen LogP contribution is 2.26. The molecule has 0 saturated carbocycles. The minimum absolute atomic E-state index is 0.0331. The molecule has 7 heteroatoms. The molecular formula is C13H20N2O4S. The van der Waals surface area contributed by atoms with Gasteiger partial charge < -0.3 is 15.2 Å². The molecule has 2 rings (SSSR count). The fourth-order valence-electron chi connectivity index (χ4n) is 2.23. The van der Waals surface area contributed by atoms with Crippen LogP contribution in [-0.4, -0.2) is 46.1 Å². The number of methoxy groups -OCH3 is 1. The zero-order valence-electron chi connectivity index (χ0n) is 11.7. The highest BCUT2D eigenvalue weighted by molar-refractivity contribution is 7.89. The van der Waals surface area contributed by atoms with Crippen LogP contribution in [0.3, 0.4) is 0 Å². The molecular weight excluding hydrogens is 280 g/mol. The van der Waals surface area contributed by atoms with Crippen molar-refractivity contribution < 1.29 is 17.9 Å². The molecule has 0 aromatic heterocycles. The van der Waals surface area contributed by atoms with Crippen LogP contribution in [0.15, 0.2) is 23.1 Å². The van der Waals surface area contributed by atoms with Crippen LogP contribution < -0.4 is 10.5 Å². The average molecular weight is 300 g/mol. The normalized spacial score (nSPS) is 19.4. The van der Waals surface area contributed by atoms with Gasteiger partial charge in [-0.3, -0.25) is 0 Å². The van der Waals surface area contributed by atoms with Gasteiger partial charge in [0.1, 0.15) is 10.6 Å². The van der Waals surface area contributed by atoms with E-state index >= 15 is 0 Å². The zero-order valence-corrected chi connectivity index (χ0v) is 12.5. The van der Waals surface area contributed by atoms with E-state index in [-0.39, 0.29) is 16.7 Å². The van der Waals surface area contributed by atoms with Crippen molar-refractivity contribution in [2.45, 2.75) is 23.8 Å². The van der Waals surface area contributed by atoms with Crippen LogP contribution in [0.2, 0.25) is 0 Å². The third kappa shape index (κ3) is 3.05. The maximum Gasteiger partial charge on any atom is 0.244 e. The minimum Gasteiger partial charge on any atom is -0.497 e. The largest absolute Gasteiger partial charge is 0.497 e. The number of hydrogen-bond acceptors (Lipinski definition) is 5. The van der Waals surface area contributed by atoms with E-state index in [1.165, 1.54) is 23.5 Å². The molecule has 0 spiro atoms. The summed E-state index contributed by atoms with van der Waals surface area (Å²) >= 11 is 0. The van der Waals surface area contributed by atoms with E-state index in [2.05, 4.69) is 0 Å². The fraction of sp³-hybridized carbons (Fsp3) is 0.538. The van der Waals surface area contributed by atoms with Gasteiger partial charge >= 0.3 is 0 Å². The first-order valence-electron chi connectivity index (χ1n) is 6.46. The Morgan fingerprint density at radius 1 is 1.50 bits per heavy atom. The molecule has 1 aliphatic rings. The number of hydrogen-bond donors (Lipinski definition) is 1. The van der Waals surface area contributed by atoms with Crippen molar-refractivity contribution in [1.82, 2.24) is 4.31 Å². The highest BCUT2D eigenvalue weighted by atomic mass is 32.2. The van der Waals surface area contributed by atoms with E-state index in [0.29, 0.717) is 18.9 Å². The Bertz CT molecular complexity index is 568. The first-order valence-corrected chi connectivity index (χ1v) is 7.90. The number of likely N-dealkylation sites (N-methyl/N-ethyl adjacent to an activating group) is 1. The molecule has 1 unspecified atom stereocenters. The number of ether oxygens (including phenoxy) is 2.